The molecule has 1 aromatic heterocycles. The van der Waals surface area contributed by atoms with Crippen LogP contribution in [-0.2, 0) is 17.9 Å². The van der Waals surface area contributed by atoms with Crippen LogP contribution >= 0.6 is 0 Å². The summed E-state index contributed by atoms with van der Waals surface area (Å²) in [5.74, 6) is 0. The number of hydrogen-bond donors (Lipinski definition) is 0. The van der Waals surface area contributed by atoms with E-state index in [2.05, 4.69) is 161 Å². The second-order valence-corrected chi connectivity index (χ2v) is 13.6. The fraction of sp³-hybridized carbons (Fsp3) is 0.190. The van der Waals surface area contributed by atoms with Crippen LogP contribution in [0.15, 0.2) is 110 Å². The molecular formula is C42H38N2. The Morgan fingerprint density at radius 3 is 1.57 bits per heavy atom. The fourth-order valence-electron chi connectivity index (χ4n) is 8.10. The monoisotopic (exact) mass is 570 g/mol. The van der Waals surface area contributed by atoms with E-state index in [4.69, 9.17) is 0 Å². The molecule has 1 heterocycles. The molecule has 2 aliphatic rings. The smallest absolute Gasteiger partial charge is 0.0487 e. The number of hydrogen-bond acceptors (Lipinski definition) is 1. The van der Waals surface area contributed by atoms with Crippen LogP contribution < -0.4 is 4.90 Å². The molecule has 0 saturated carbocycles. The van der Waals surface area contributed by atoms with E-state index in [1.807, 2.05) is 6.08 Å². The summed E-state index contributed by atoms with van der Waals surface area (Å²) in [5, 5.41) is 1.23. The summed E-state index contributed by atoms with van der Waals surface area (Å²) in [4.78, 5) is 2.45. The molecule has 0 saturated heterocycles. The van der Waals surface area contributed by atoms with Crippen LogP contribution in [-0.4, -0.2) is 4.57 Å². The van der Waals surface area contributed by atoms with Crippen molar-refractivity contribution < 1.29 is 0 Å². The third kappa shape index (κ3) is 3.48. The van der Waals surface area contributed by atoms with Crippen LogP contribution in [0.3, 0.4) is 0 Å². The number of nitrogens with zero attached hydrogens (tertiary/aromatic N) is 2. The van der Waals surface area contributed by atoms with Crippen molar-refractivity contribution in [1.82, 2.24) is 4.57 Å². The lowest BCUT2D eigenvalue weighted by Crippen LogP contribution is -2.18. The molecular weight excluding hydrogens is 532 g/mol. The molecule has 2 aliphatic carbocycles. The number of anilines is 3. The quantitative estimate of drug-likeness (QED) is 0.205. The highest BCUT2D eigenvalue weighted by Crippen LogP contribution is 2.53. The van der Waals surface area contributed by atoms with Crippen LogP contribution in [0, 0.1) is 6.92 Å². The van der Waals surface area contributed by atoms with E-state index in [-0.39, 0.29) is 10.8 Å². The van der Waals surface area contributed by atoms with Crippen LogP contribution in [0.1, 0.15) is 61.2 Å². The average Bonchev–Trinajstić information content (AvgIpc) is 3.52. The van der Waals surface area contributed by atoms with Crippen molar-refractivity contribution in [3.63, 3.8) is 0 Å². The molecule has 0 unspecified atom stereocenters. The molecule has 0 amide bonds. The summed E-state index contributed by atoms with van der Waals surface area (Å²) in [5.41, 5.74) is 17.9. The van der Waals surface area contributed by atoms with Crippen molar-refractivity contribution in [3.05, 3.63) is 143 Å². The predicted octanol–water partition coefficient (Wildman–Crippen LogP) is 11.2. The van der Waals surface area contributed by atoms with Gasteiger partial charge in [-0.15, -0.1) is 0 Å². The minimum atomic E-state index is -0.0777. The number of aryl methyl sites for hydroxylation is 1. The lowest BCUT2D eigenvalue weighted by atomic mass is 9.82. The minimum absolute atomic E-state index is 0.0777. The van der Waals surface area contributed by atoms with E-state index in [0.29, 0.717) is 0 Å². The maximum absolute atomic E-state index is 4.17. The first-order valence-electron chi connectivity index (χ1n) is 15.6. The molecule has 0 N–H and O–H groups in total. The molecule has 216 valence electrons. The Balaban J connectivity index is 1.37. The van der Waals surface area contributed by atoms with Gasteiger partial charge in [0.2, 0.25) is 0 Å². The lowest BCUT2D eigenvalue weighted by Gasteiger charge is -2.30. The van der Waals surface area contributed by atoms with E-state index >= 15 is 0 Å². The van der Waals surface area contributed by atoms with Gasteiger partial charge < -0.3 is 9.47 Å². The minimum Gasteiger partial charge on any atom is -0.347 e. The van der Waals surface area contributed by atoms with E-state index in [0.717, 1.165) is 5.69 Å². The van der Waals surface area contributed by atoms with Crippen LogP contribution in [0.25, 0.3) is 39.2 Å². The van der Waals surface area contributed by atoms with Gasteiger partial charge in [-0.1, -0.05) is 101 Å². The van der Waals surface area contributed by atoms with E-state index in [1.54, 1.807) is 0 Å². The zero-order valence-electron chi connectivity index (χ0n) is 26.5. The Morgan fingerprint density at radius 1 is 0.591 bits per heavy atom. The largest absolute Gasteiger partial charge is 0.347 e. The average molecular weight is 571 g/mol. The van der Waals surface area contributed by atoms with Crippen molar-refractivity contribution in [2.45, 2.75) is 45.4 Å². The van der Waals surface area contributed by atoms with E-state index < -0.39 is 0 Å². The van der Waals surface area contributed by atoms with Gasteiger partial charge in [0.1, 0.15) is 0 Å². The predicted molar refractivity (Wildman–Crippen MR) is 188 cm³/mol. The molecule has 2 heteroatoms. The van der Waals surface area contributed by atoms with Gasteiger partial charge >= 0.3 is 0 Å². The summed E-state index contributed by atoms with van der Waals surface area (Å²) < 4.78 is 2.27. The zero-order chi connectivity index (χ0) is 30.5. The molecule has 0 atom stereocenters. The Kier molecular flexibility index (Phi) is 5.54. The van der Waals surface area contributed by atoms with Crippen molar-refractivity contribution in [2.75, 3.05) is 4.90 Å². The van der Waals surface area contributed by atoms with Crippen molar-refractivity contribution in [1.29, 1.82) is 0 Å². The number of benzene rings is 5. The van der Waals surface area contributed by atoms with Gasteiger partial charge in [-0.2, -0.15) is 0 Å². The SMILES string of the molecule is C=Cc1c(C)n(C)c2ccc(N(c3ccc4c(c3)C(C)(C)c3ccccc3-4)c3ccc4c(c3)C(C)(C)c3ccccc3-4)cc12. The number of fused-ring (bicyclic) bond motifs is 7. The Labute approximate surface area is 260 Å². The van der Waals surface area contributed by atoms with Gasteiger partial charge in [-0.25, -0.2) is 0 Å². The van der Waals surface area contributed by atoms with Crippen LogP contribution in [0.2, 0.25) is 0 Å². The standard InChI is InChI=1S/C42H38N2/c1-8-30-26(2)43(7)40-22-19-27(23-35(30)40)44(28-17-20-33-31-13-9-11-15-36(31)41(3,4)38(33)24-28)29-18-21-34-32-14-10-12-16-37(32)42(5,6)39(34)25-29/h8-25H,1H2,2-7H3. The first-order valence-corrected chi connectivity index (χ1v) is 15.6. The van der Waals surface area contributed by atoms with Gasteiger partial charge in [0.05, 0.1) is 0 Å². The Morgan fingerprint density at radius 2 is 1.05 bits per heavy atom. The molecule has 2 nitrogen and oxygen atoms in total. The second-order valence-electron chi connectivity index (χ2n) is 13.6. The zero-order valence-corrected chi connectivity index (χ0v) is 26.5. The van der Waals surface area contributed by atoms with Gasteiger partial charge in [0.15, 0.2) is 0 Å². The summed E-state index contributed by atoms with van der Waals surface area (Å²) in [6.45, 7) is 15.8. The third-order valence-electron chi connectivity index (χ3n) is 10.6. The molecule has 8 rings (SSSR count). The molecule has 6 aromatic rings. The van der Waals surface area contributed by atoms with Crippen molar-refractivity contribution in [3.8, 4) is 22.3 Å². The molecule has 0 bridgehead atoms. The molecule has 0 radical (unpaired) electrons. The van der Waals surface area contributed by atoms with Gasteiger partial charge in [0, 0.05) is 57.1 Å². The normalized spacial score (nSPS) is 15.0. The van der Waals surface area contributed by atoms with Crippen molar-refractivity contribution in [2.24, 2.45) is 7.05 Å². The Hall–Kier alpha value is -4.82. The van der Waals surface area contributed by atoms with Crippen LogP contribution in [0.5, 0.6) is 0 Å². The third-order valence-corrected chi connectivity index (χ3v) is 10.6. The first-order chi connectivity index (χ1) is 21.1. The molecule has 0 spiro atoms. The summed E-state index contributed by atoms with van der Waals surface area (Å²) in [7, 11) is 2.14. The molecule has 0 fully saturated rings. The topological polar surface area (TPSA) is 8.17 Å². The Bertz CT molecular complexity index is 2060. The lowest BCUT2D eigenvalue weighted by molar-refractivity contribution is 0.660. The maximum atomic E-state index is 4.17. The molecule has 5 aromatic carbocycles. The van der Waals surface area contributed by atoms with E-state index in [9.17, 15) is 0 Å². The van der Waals surface area contributed by atoms with Crippen molar-refractivity contribution >= 4 is 34.0 Å². The molecule has 44 heavy (non-hydrogen) atoms. The van der Waals surface area contributed by atoms with Gasteiger partial charge in [-0.3, -0.25) is 0 Å². The fourth-order valence-corrected chi connectivity index (χ4v) is 8.10. The first kappa shape index (κ1) is 26.8. The maximum Gasteiger partial charge on any atom is 0.0487 e. The highest BCUT2D eigenvalue weighted by molar-refractivity contribution is 5.96. The summed E-state index contributed by atoms with van der Waals surface area (Å²) in [6, 6.07) is 38.8. The summed E-state index contributed by atoms with van der Waals surface area (Å²) in [6.07, 6.45) is 2.00. The summed E-state index contributed by atoms with van der Waals surface area (Å²) >= 11 is 0. The van der Waals surface area contributed by atoms with Crippen LogP contribution in [0.4, 0.5) is 17.1 Å². The molecule has 0 aliphatic heterocycles. The van der Waals surface area contributed by atoms with Gasteiger partial charge in [0.25, 0.3) is 0 Å². The highest BCUT2D eigenvalue weighted by Gasteiger charge is 2.37. The number of aromatic nitrogens is 1. The number of rotatable bonds is 4. The van der Waals surface area contributed by atoms with Gasteiger partial charge in [-0.05, 0) is 93.9 Å². The highest BCUT2D eigenvalue weighted by atomic mass is 15.1. The second kappa shape index (κ2) is 9.09. The van der Waals surface area contributed by atoms with E-state index in [1.165, 1.54) is 78.0 Å².